The van der Waals surface area contributed by atoms with Gasteiger partial charge in [-0.2, -0.15) is 0 Å². The summed E-state index contributed by atoms with van der Waals surface area (Å²) < 4.78 is 27.9. The van der Waals surface area contributed by atoms with Crippen LogP contribution in [0.15, 0.2) is 41.2 Å². The number of ether oxygens (including phenoxy) is 5. The van der Waals surface area contributed by atoms with Gasteiger partial charge in [-0.3, -0.25) is 9.59 Å². The molecular weight excluding hydrogens is 640 g/mol. The number of fused-ring (bicyclic) bond motifs is 1. The van der Waals surface area contributed by atoms with Crippen LogP contribution in [0.25, 0.3) is 17.0 Å². The van der Waals surface area contributed by atoms with Gasteiger partial charge in [-0.1, -0.05) is 45.1 Å². The van der Waals surface area contributed by atoms with Crippen molar-refractivity contribution in [3.63, 3.8) is 0 Å². The minimum absolute atomic E-state index is 0.0132. The second kappa shape index (κ2) is 18.0. The average Bonchev–Trinajstić information content (AvgIpc) is 3.10. The second-order valence-corrected chi connectivity index (χ2v) is 11.7. The Balaban J connectivity index is 1.45. The van der Waals surface area contributed by atoms with Crippen molar-refractivity contribution in [2.75, 3.05) is 32.8 Å². The molecule has 5 atom stereocenters. The topological polar surface area (TPSA) is 209 Å². The van der Waals surface area contributed by atoms with Crippen molar-refractivity contribution in [3.8, 4) is 23.0 Å². The van der Waals surface area contributed by atoms with Gasteiger partial charge in [-0.25, -0.2) is 0 Å². The molecular formula is C35H46N2O12. The fourth-order valence-corrected chi connectivity index (χ4v) is 5.54. The molecule has 0 unspecified atom stereocenters. The van der Waals surface area contributed by atoms with E-state index < -0.39 is 48.8 Å². The van der Waals surface area contributed by atoms with Crippen molar-refractivity contribution in [3.05, 3.63) is 57.9 Å². The Hall–Kier alpha value is -4.18. The van der Waals surface area contributed by atoms with Gasteiger partial charge in [0.05, 0.1) is 39.6 Å². The Morgan fingerprint density at radius 1 is 0.939 bits per heavy atom. The molecule has 1 aliphatic heterocycles. The number of aliphatic hydroxyl groups is 5. The molecule has 0 saturated carbocycles. The highest BCUT2D eigenvalue weighted by Crippen LogP contribution is 2.41. The van der Waals surface area contributed by atoms with Gasteiger partial charge in [0.1, 0.15) is 24.4 Å². The minimum Gasteiger partial charge on any atom is -0.493 e. The summed E-state index contributed by atoms with van der Waals surface area (Å²) in [4.78, 5) is 28.5. The van der Waals surface area contributed by atoms with E-state index in [1.54, 1.807) is 18.2 Å². The number of H-pyrrole nitrogens is 1. The minimum atomic E-state index is -1.65. The van der Waals surface area contributed by atoms with Gasteiger partial charge >= 0.3 is 0 Å². The van der Waals surface area contributed by atoms with Crippen molar-refractivity contribution < 1.29 is 54.0 Å². The van der Waals surface area contributed by atoms with Crippen LogP contribution in [-0.4, -0.2) is 94.6 Å². The van der Waals surface area contributed by atoms with Crippen molar-refractivity contribution in [2.45, 2.75) is 82.8 Å². The number of methoxy groups -OCH3 is 2. The molecule has 3 aromatic rings. The summed E-state index contributed by atoms with van der Waals surface area (Å²) in [6.45, 7) is 1.52. The fourth-order valence-electron chi connectivity index (χ4n) is 5.54. The SMILES string of the molecule is CCCCCCCCOc1c(CO)c2ccc(NC(=O)C=Cc3cc(OC)c(O[C@H]4O[C@H](CO)[C@@H](O)[C@H](O)[C@@H]4O)c(OC)c3)cc2[nH]c1=O. The van der Waals surface area contributed by atoms with E-state index in [2.05, 4.69) is 17.2 Å². The summed E-state index contributed by atoms with van der Waals surface area (Å²) >= 11 is 0. The van der Waals surface area contributed by atoms with E-state index in [1.165, 1.54) is 57.8 Å². The normalized spacial score (nSPS) is 20.8. The number of nitrogens with one attached hydrogen (secondary N) is 2. The van der Waals surface area contributed by atoms with E-state index in [0.29, 0.717) is 34.3 Å². The molecule has 49 heavy (non-hydrogen) atoms. The largest absolute Gasteiger partial charge is 0.493 e. The lowest BCUT2D eigenvalue weighted by molar-refractivity contribution is -0.277. The predicted molar refractivity (Wildman–Crippen MR) is 181 cm³/mol. The van der Waals surface area contributed by atoms with E-state index in [9.17, 15) is 35.1 Å². The van der Waals surface area contributed by atoms with Crippen LogP contribution in [0.1, 0.15) is 56.6 Å². The highest BCUT2D eigenvalue weighted by Gasteiger charge is 2.45. The zero-order valence-electron chi connectivity index (χ0n) is 27.9. The summed E-state index contributed by atoms with van der Waals surface area (Å²) in [6, 6.07) is 8.01. The van der Waals surface area contributed by atoms with E-state index in [-0.39, 0.29) is 29.6 Å². The quantitative estimate of drug-likeness (QED) is 0.0808. The fraction of sp³-hybridized carbons (Fsp3) is 0.486. The number of carbonyl (C=O) groups excluding carboxylic acids is 1. The highest BCUT2D eigenvalue weighted by atomic mass is 16.7. The second-order valence-electron chi connectivity index (χ2n) is 11.7. The van der Waals surface area contributed by atoms with Gasteiger partial charge in [0.25, 0.3) is 5.56 Å². The molecule has 7 N–H and O–H groups in total. The van der Waals surface area contributed by atoms with Gasteiger partial charge in [-0.05, 0) is 42.3 Å². The van der Waals surface area contributed by atoms with Gasteiger partial charge in [0.2, 0.25) is 17.9 Å². The summed E-state index contributed by atoms with van der Waals surface area (Å²) in [5, 5.41) is 53.5. The molecule has 14 nitrogen and oxygen atoms in total. The number of aliphatic hydroxyl groups excluding tert-OH is 5. The third-order valence-electron chi connectivity index (χ3n) is 8.24. The molecule has 1 aromatic heterocycles. The Bertz CT molecular complexity index is 1610. The molecule has 14 heteroatoms. The number of aromatic nitrogens is 1. The molecule has 4 rings (SSSR count). The number of anilines is 1. The lowest BCUT2D eigenvalue weighted by atomic mass is 9.99. The van der Waals surface area contributed by atoms with Crippen molar-refractivity contribution in [1.82, 2.24) is 4.98 Å². The van der Waals surface area contributed by atoms with E-state index >= 15 is 0 Å². The van der Waals surface area contributed by atoms with Gasteiger partial charge < -0.3 is 59.5 Å². The van der Waals surface area contributed by atoms with E-state index in [1.807, 2.05) is 0 Å². The first-order chi connectivity index (χ1) is 23.6. The van der Waals surface area contributed by atoms with Crippen LogP contribution >= 0.6 is 0 Å². The molecule has 0 aliphatic carbocycles. The summed E-state index contributed by atoms with van der Waals surface area (Å²) in [6.07, 6.45) is 1.75. The third-order valence-corrected chi connectivity index (χ3v) is 8.24. The number of carbonyl (C=O) groups is 1. The number of hydrogen-bond donors (Lipinski definition) is 7. The average molecular weight is 687 g/mol. The number of rotatable bonds is 17. The van der Waals surface area contributed by atoms with Crippen molar-refractivity contribution in [1.29, 1.82) is 0 Å². The molecule has 0 radical (unpaired) electrons. The molecule has 1 aliphatic rings. The number of aromatic amines is 1. The Kier molecular flexibility index (Phi) is 13.8. The first-order valence-electron chi connectivity index (χ1n) is 16.3. The first kappa shape index (κ1) is 37.6. The lowest BCUT2D eigenvalue weighted by Gasteiger charge is -2.39. The predicted octanol–water partition coefficient (Wildman–Crippen LogP) is 2.61. The van der Waals surface area contributed by atoms with E-state index in [4.69, 9.17) is 23.7 Å². The van der Waals surface area contributed by atoms with E-state index in [0.717, 1.165) is 19.3 Å². The Morgan fingerprint density at radius 2 is 1.63 bits per heavy atom. The zero-order valence-corrected chi connectivity index (χ0v) is 27.9. The smallest absolute Gasteiger partial charge is 0.291 e. The lowest BCUT2D eigenvalue weighted by Crippen LogP contribution is -2.60. The number of unbranched alkanes of at least 4 members (excludes halogenated alkanes) is 5. The van der Waals surface area contributed by atoms with Crippen LogP contribution < -0.4 is 29.8 Å². The van der Waals surface area contributed by atoms with Gasteiger partial charge in [0.15, 0.2) is 17.2 Å². The third kappa shape index (κ3) is 9.29. The summed E-state index contributed by atoms with van der Waals surface area (Å²) in [5.74, 6) is -0.0877. The summed E-state index contributed by atoms with van der Waals surface area (Å²) in [5.41, 5.74) is 1.22. The molecule has 2 aromatic carbocycles. The Labute approximate surface area is 283 Å². The maximum Gasteiger partial charge on any atom is 0.291 e. The van der Waals surface area contributed by atoms with Gasteiger partial charge in [-0.15, -0.1) is 0 Å². The van der Waals surface area contributed by atoms with Crippen LogP contribution in [0.5, 0.6) is 23.0 Å². The maximum atomic E-state index is 12.9. The standard InChI is InChI=1S/C35H46N2O12/c1-4-5-6-7-8-9-14-47-32-23(18-38)22-12-11-21(17-24(22)37-34(32)44)36-28(40)13-10-20-15-25(45-2)33(26(16-20)46-3)49-35-31(43)30(42)29(41)27(19-39)48-35/h10-13,15-17,27,29-31,35,38-39,41-43H,4-9,14,18-19H2,1-3H3,(H,36,40)(H,37,44)/t27-,29-,30+,31+,35-/m1/s1. The first-order valence-corrected chi connectivity index (χ1v) is 16.3. The molecule has 268 valence electrons. The zero-order chi connectivity index (χ0) is 35.5. The van der Waals surface area contributed by atoms with Crippen LogP contribution in [-0.2, 0) is 16.1 Å². The molecule has 0 spiro atoms. The van der Waals surface area contributed by atoms with Crippen LogP contribution in [0.4, 0.5) is 5.69 Å². The van der Waals surface area contributed by atoms with Gasteiger partial charge in [0, 0.05) is 22.7 Å². The summed E-state index contributed by atoms with van der Waals surface area (Å²) in [7, 11) is 2.73. The molecule has 1 saturated heterocycles. The van der Waals surface area contributed by atoms with Crippen LogP contribution in [0.2, 0.25) is 0 Å². The Morgan fingerprint density at radius 3 is 2.29 bits per heavy atom. The monoisotopic (exact) mass is 686 g/mol. The number of amides is 1. The van der Waals surface area contributed by atoms with Crippen molar-refractivity contribution >= 4 is 28.6 Å². The van der Waals surface area contributed by atoms with Crippen LogP contribution in [0, 0.1) is 0 Å². The highest BCUT2D eigenvalue weighted by molar-refractivity contribution is 6.03. The number of benzene rings is 2. The molecule has 1 amide bonds. The number of hydrogen-bond acceptors (Lipinski definition) is 12. The molecule has 1 fully saturated rings. The molecule has 0 bridgehead atoms. The molecule has 2 heterocycles. The van der Waals surface area contributed by atoms with Crippen LogP contribution in [0.3, 0.4) is 0 Å². The maximum absolute atomic E-state index is 12.9. The number of pyridine rings is 1. The van der Waals surface area contributed by atoms with Crippen molar-refractivity contribution in [2.24, 2.45) is 0 Å².